The number of fused-ring (bicyclic) bond motifs is 1. The van der Waals surface area contributed by atoms with Crippen molar-refractivity contribution in [3.63, 3.8) is 0 Å². The molecule has 0 aliphatic heterocycles. The minimum atomic E-state index is -0.135. The van der Waals surface area contributed by atoms with E-state index in [1.54, 1.807) is 0 Å². The maximum absolute atomic E-state index is 13.1. The third-order valence-corrected chi connectivity index (χ3v) is 6.96. The second-order valence-corrected chi connectivity index (χ2v) is 9.87. The number of imidazole rings is 1. The van der Waals surface area contributed by atoms with E-state index >= 15 is 0 Å². The highest BCUT2D eigenvalue weighted by atomic mass is 32.2. The second-order valence-electron chi connectivity index (χ2n) is 8.93. The van der Waals surface area contributed by atoms with Crippen molar-refractivity contribution in [2.24, 2.45) is 0 Å². The van der Waals surface area contributed by atoms with Gasteiger partial charge in [-0.3, -0.25) is 9.59 Å². The highest BCUT2D eigenvalue weighted by Gasteiger charge is 2.17. The molecule has 0 unspecified atom stereocenters. The van der Waals surface area contributed by atoms with Gasteiger partial charge in [-0.1, -0.05) is 47.7 Å². The summed E-state index contributed by atoms with van der Waals surface area (Å²) >= 11 is 1.32. The SMILES string of the molecule is Cc1cc(C)c(NC(=O)Cn2c(SCC(=O)Nc3ccc(C)c(C)c3)nc3ccccc32)c(C)c1. The number of benzene rings is 3. The van der Waals surface area contributed by atoms with Crippen LogP contribution >= 0.6 is 11.8 Å². The summed E-state index contributed by atoms with van der Waals surface area (Å²) in [5.74, 6) is -0.0644. The number of aryl methyl sites for hydroxylation is 5. The molecule has 1 aromatic heterocycles. The molecule has 2 amide bonds. The molecule has 180 valence electrons. The van der Waals surface area contributed by atoms with E-state index in [-0.39, 0.29) is 24.1 Å². The number of hydrogen-bond acceptors (Lipinski definition) is 4. The third-order valence-electron chi connectivity index (χ3n) is 5.99. The van der Waals surface area contributed by atoms with Gasteiger partial charge in [-0.2, -0.15) is 0 Å². The lowest BCUT2D eigenvalue weighted by atomic mass is 10.1. The lowest BCUT2D eigenvalue weighted by molar-refractivity contribution is -0.117. The topological polar surface area (TPSA) is 76.0 Å². The molecular weight excluding hydrogens is 456 g/mol. The zero-order valence-electron chi connectivity index (χ0n) is 20.7. The fraction of sp³-hybridized carbons (Fsp3) is 0.250. The van der Waals surface area contributed by atoms with Gasteiger partial charge in [0.25, 0.3) is 0 Å². The van der Waals surface area contributed by atoms with Gasteiger partial charge in [-0.05, 0) is 81.1 Å². The first-order valence-corrected chi connectivity index (χ1v) is 12.5. The number of carbonyl (C=O) groups excluding carboxylic acids is 2. The van der Waals surface area contributed by atoms with Gasteiger partial charge in [0.05, 0.1) is 16.8 Å². The van der Waals surface area contributed by atoms with E-state index < -0.39 is 0 Å². The van der Waals surface area contributed by atoms with E-state index in [1.165, 1.54) is 17.3 Å². The lowest BCUT2D eigenvalue weighted by Crippen LogP contribution is -2.21. The Morgan fingerprint density at radius 1 is 0.829 bits per heavy atom. The summed E-state index contributed by atoms with van der Waals surface area (Å²) in [7, 11) is 0. The smallest absolute Gasteiger partial charge is 0.244 e. The number of thioether (sulfide) groups is 1. The summed E-state index contributed by atoms with van der Waals surface area (Å²) in [6.45, 7) is 10.2. The molecule has 7 heteroatoms. The quantitative estimate of drug-likeness (QED) is 0.317. The molecule has 4 rings (SSSR count). The number of anilines is 2. The molecule has 0 radical (unpaired) electrons. The largest absolute Gasteiger partial charge is 0.325 e. The summed E-state index contributed by atoms with van der Waals surface area (Å²) in [4.78, 5) is 30.4. The average molecular weight is 487 g/mol. The van der Waals surface area contributed by atoms with Crippen LogP contribution in [0, 0.1) is 34.6 Å². The molecule has 0 saturated heterocycles. The molecule has 4 aromatic rings. The Morgan fingerprint density at radius 3 is 2.26 bits per heavy atom. The van der Waals surface area contributed by atoms with Crippen molar-refractivity contribution in [2.75, 3.05) is 16.4 Å². The molecule has 3 aromatic carbocycles. The van der Waals surface area contributed by atoms with Crippen molar-refractivity contribution in [3.8, 4) is 0 Å². The van der Waals surface area contributed by atoms with Crippen molar-refractivity contribution >= 4 is 46.0 Å². The number of hydrogen-bond donors (Lipinski definition) is 2. The highest BCUT2D eigenvalue weighted by molar-refractivity contribution is 7.99. The number of nitrogens with one attached hydrogen (secondary N) is 2. The van der Waals surface area contributed by atoms with Crippen LogP contribution in [0.25, 0.3) is 11.0 Å². The second kappa shape index (κ2) is 10.4. The number of amides is 2. The Bertz CT molecular complexity index is 1400. The van der Waals surface area contributed by atoms with E-state index in [9.17, 15) is 9.59 Å². The number of carbonyl (C=O) groups is 2. The molecule has 0 spiro atoms. The van der Waals surface area contributed by atoms with Crippen molar-refractivity contribution in [3.05, 3.63) is 82.4 Å². The van der Waals surface area contributed by atoms with Gasteiger partial charge in [0.15, 0.2) is 5.16 Å². The number of rotatable bonds is 7. The number of nitrogens with zero attached hydrogens (tertiary/aromatic N) is 2. The van der Waals surface area contributed by atoms with E-state index in [4.69, 9.17) is 4.98 Å². The first-order chi connectivity index (χ1) is 16.7. The van der Waals surface area contributed by atoms with Crippen LogP contribution in [0.15, 0.2) is 59.8 Å². The minimum Gasteiger partial charge on any atom is -0.325 e. The Balaban J connectivity index is 1.50. The summed E-state index contributed by atoms with van der Waals surface area (Å²) in [5.41, 5.74) is 8.80. The minimum absolute atomic E-state index is 0.106. The molecule has 35 heavy (non-hydrogen) atoms. The van der Waals surface area contributed by atoms with Crippen molar-refractivity contribution in [1.82, 2.24) is 9.55 Å². The molecule has 0 fully saturated rings. The summed E-state index contributed by atoms with van der Waals surface area (Å²) in [6, 6.07) is 17.7. The third kappa shape index (κ3) is 5.74. The van der Waals surface area contributed by atoms with Gasteiger partial charge in [-0.25, -0.2) is 4.98 Å². The maximum atomic E-state index is 13.1. The maximum Gasteiger partial charge on any atom is 0.244 e. The Morgan fingerprint density at radius 2 is 1.54 bits per heavy atom. The number of para-hydroxylation sites is 2. The van der Waals surface area contributed by atoms with E-state index in [1.807, 2.05) is 81.7 Å². The van der Waals surface area contributed by atoms with Gasteiger partial charge < -0.3 is 15.2 Å². The normalized spacial score (nSPS) is 11.0. The predicted octanol–water partition coefficient (Wildman–Crippen LogP) is 5.95. The molecule has 0 saturated carbocycles. The van der Waals surface area contributed by atoms with Gasteiger partial charge in [0.2, 0.25) is 11.8 Å². The zero-order chi connectivity index (χ0) is 25.1. The fourth-order valence-electron chi connectivity index (χ4n) is 4.16. The zero-order valence-corrected chi connectivity index (χ0v) is 21.5. The molecule has 1 heterocycles. The molecule has 0 aliphatic rings. The van der Waals surface area contributed by atoms with E-state index in [0.29, 0.717) is 5.16 Å². The van der Waals surface area contributed by atoms with E-state index in [2.05, 4.69) is 22.8 Å². The molecule has 0 atom stereocenters. The summed E-state index contributed by atoms with van der Waals surface area (Å²) in [6.07, 6.45) is 0. The molecule has 0 bridgehead atoms. The Hall–Kier alpha value is -3.58. The highest BCUT2D eigenvalue weighted by Crippen LogP contribution is 2.26. The van der Waals surface area contributed by atoms with Gasteiger partial charge >= 0.3 is 0 Å². The van der Waals surface area contributed by atoms with Crippen LogP contribution in [0.2, 0.25) is 0 Å². The van der Waals surface area contributed by atoms with Crippen LogP contribution in [-0.2, 0) is 16.1 Å². The predicted molar refractivity (Wildman–Crippen MR) is 144 cm³/mol. The fourth-order valence-corrected chi connectivity index (χ4v) is 4.98. The monoisotopic (exact) mass is 486 g/mol. The van der Waals surface area contributed by atoms with Crippen LogP contribution in [0.5, 0.6) is 0 Å². The van der Waals surface area contributed by atoms with Crippen molar-refractivity contribution in [1.29, 1.82) is 0 Å². The molecular formula is C28H30N4O2S. The summed E-state index contributed by atoms with van der Waals surface area (Å²) < 4.78 is 1.87. The Labute approximate surface area is 210 Å². The molecule has 2 N–H and O–H groups in total. The van der Waals surface area contributed by atoms with Gasteiger partial charge in [0, 0.05) is 11.4 Å². The molecule has 0 aliphatic carbocycles. The van der Waals surface area contributed by atoms with Crippen LogP contribution in [-0.4, -0.2) is 27.1 Å². The van der Waals surface area contributed by atoms with Crippen LogP contribution in [0.4, 0.5) is 11.4 Å². The molecule has 6 nitrogen and oxygen atoms in total. The van der Waals surface area contributed by atoms with Crippen molar-refractivity contribution in [2.45, 2.75) is 46.3 Å². The Kier molecular flexibility index (Phi) is 7.26. The summed E-state index contributed by atoms with van der Waals surface area (Å²) in [5, 5.41) is 6.65. The standard InChI is InChI=1S/C28H30N4O2S/c1-17-12-20(4)27(21(5)13-17)31-25(33)15-32-24-9-7-6-8-23(24)30-28(32)35-16-26(34)29-22-11-10-18(2)19(3)14-22/h6-14H,15-16H2,1-5H3,(H,29,34)(H,31,33). The van der Waals surface area contributed by atoms with Gasteiger partial charge in [-0.15, -0.1) is 0 Å². The average Bonchev–Trinajstić information content (AvgIpc) is 3.14. The van der Waals surface area contributed by atoms with Crippen LogP contribution < -0.4 is 10.6 Å². The van der Waals surface area contributed by atoms with Crippen LogP contribution in [0.1, 0.15) is 27.8 Å². The number of aromatic nitrogens is 2. The van der Waals surface area contributed by atoms with Gasteiger partial charge in [0.1, 0.15) is 6.54 Å². The van der Waals surface area contributed by atoms with Crippen LogP contribution in [0.3, 0.4) is 0 Å². The first kappa shape index (κ1) is 24.5. The van der Waals surface area contributed by atoms with E-state index in [0.717, 1.165) is 44.7 Å². The first-order valence-electron chi connectivity index (χ1n) is 11.5. The van der Waals surface area contributed by atoms with Crippen molar-refractivity contribution < 1.29 is 9.59 Å². The lowest BCUT2D eigenvalue weighted by Gasteiger charge is -2.14.